The summed E-state index contributed by atoms with van der Waals surface area (Å²) >= 11 is 0. The first-order valence-electron chi connectivity index (χ1n) is 5.18. The largest absolute Gasteiger partial charge is 0.496 e. The monoisotopic (exact) mass is 224 g/mol. The topological polar surface area (TPSA) is 55.8 Å². The number of methoxy groups -OCH3 is 1. The van der Waals surface area contributed by atoms with Crippen molar-refractivity contribution >= 4 is 5.97 Å². The Balaban J connectivity index is 3.13. The predicted octanol–water partition coefficient (Wildman–Crippen LogP) is 1.41. The van der Waals surface area contributed by atoms with Gasteiger partial charge < -0.3 is 14.6 Å². The maximum Gasteiger partial charge on any atom is 0.342 e. The van der Waals surface area contributed by atoms with Crippen LogP contribution >= 0.6 is 0 Å². The molecule has 0 aliphatic carbocycles. The van der Waals surface area contributed by atoms with Gasteiger partial charge in [0.2, 0.25) is 0 Å². The zero-order valence-electron chi connectivity index (χ0n) is 9.53. The molecule has 1 N–H and O–H groups in total. The van der Waals surface area contributed by atoms with Gasteiger partial charge in [-0.15, -0.1) is 0 Å². The second kappa shape index (κ2) is 6.12. The number of ether oxygens (including phenoxy) is 2. The molecule has 1 aromatic rings. The molecule has 0 unspecified atom stereocenters. The lowest BCUT2D eigenvalue weighted by Crippen LogP contribution is -2.11. The highest BCUT2D eigenvalue weighted by Crippen LogP contribution is 2.23. The minimum atomic E-state index is -0.414. The lowest BCUT2D eigenvalue weighted by atomic mass is 10.0. The minimum Gasteiger partial charge on any atom is -0.496 e. The van der Waals surface area contributed by atoms with Crippen molar-refractivity contribution in [1.29, 1.82) is 0 Å². The first-order valence-corrected chi connectivity index (χ1v) is 5.18. The van der Waals surface area contributed by atoms with Gasteiger partial charge in [-0.2, -0.15) is 0 Å². The quantitative estimate of drug-likeness (QED) is 0.768. The van der Waals surface area contributed by atoms with Crippen LogP contribution in [0.5, 0.6) is 5.75 Å². The van der Waals surface area contributed by atoms with E-state index in [-0.39, 0.29) is 6.61 Å². The molecule has 0 saturated heterocycles. The normalized spacial score (nSPS) is 9.94. The molecule has 0 aromatic heterocycles. The highest BCUT2D eigenvalue weighted by Gasteiger charge is 2.17. The zero-order chi connectivity index (χ0) is 12.0. The van der Waals surface area contributed by atoms with Crippen LogP contribution in [0.3, 0.4) is 0 Å². The first kappa shape index (κ1) is 12.5. The van der Waals surface area contributed by atoms with Gasteiger partial charge in [-0.1, -0.05) is 12.1 Å². The Kier molecular flexibility index (Phi) is 4.79. The van der Waals surface area contributed by atoms with E-state index in [2.05, 4.69) is 0 Å². The summed E-state index contributed by atoms with van der Waals surface area (Å²) in [4.78, 5) is 11.7. The number of hydrogen-bond donors (Lipinski definition) is 1. The van der Waals surface area contributed by atoms with E-state index in [9.17, 15) is 4.79 Å². The Morgan fingerprint density at radius 1 is 1.44 bits per heavy atom. The Morgan fingerprint density at radius 3 is 2.75 bits per heavy atom. The lowest BCUT2D eigenvalue weighted by Gasteiger charge is -2.11. The van der Waals surface area contributed by atoms with Crippen LogP contribution in [0.25, 0.3) is 0 Å². The summed E-state index contributed by atoms with van der Waals surface area (Å²) in [6.45, 7) is 2.05. The number of esters is 1. The van der Waals surface area contributed by atoms with Crippen molar-refractivity contribution < 1.29 is 19.4 Å². The van der Waals surface area contributed by atoms with Crippen LogP contribution in [0, 0.1) is 0 Å². The van der Waals surface area contributed by atoms with Gasteiger partial charge in [0.15, 0.2) is 0 Å². The summed E-state index contributed by atoms with van der Waals surface area (Å²) in [5.41, 5.74) is 1.14. The molecule has 0 atom stereocenters. The van der Waals surface area contributed by atoms with Gasteiger partial charge >= 0.3 is 5.97 Å². The molecular weight excluding hydrogens is 208 g/mol. The fourth-order valence-electron chi connectivity index (χ4n) is 1.51. The van der Waals surface area contributed by atoms with Gasteiger partial charge in [-0.25, -0.2) is 4.79 Å². The van der Waals surface area contributed by atoms with Crippen LogP contribution in [-0.2, 0) is 11.2 Å². The summed E-state index contributed by atoms with van der Waals surface area (Å²) < 4.78 is 10.1. The van der Waals surface area contributed by atoms with Gasteiger partial charge in [-0.3, -0.25) is 0 Å². The van der Waals surface area contributed by atoms with Gasteiger partial charge in [0, 0.05) is 6.61 Å². The molecule has 0 fully saturated rings. The highest BCUT2D eigenvalue weighted by atomic mass is 16.5. The van der Waals surface area contributed by atoms with Crippen molar-refractivity contribution in [1.82, 2.24) is 0 Å². The third-order valence-corrected chi connectivity index (χ3v) is 2.19. The van der Waals surface area contributed by atoms with E-state index in [1.807, 2.05) is 0 Å². The second-order valence-electron chi connectivity index (χ2n) is 3.19. The molecule has 16 heavy (non-hydrogen) atoms. The van der Waals surface area contributed by atoms with E-state index >= 15 is 0 Å². The summed E-state index contributed by atoms with van der Waals surface area (Å²) in [5.74, 6) is 0.0628. The van der Waals surface area contributed by atoms with Crippen molar-refractivity contribution in [2.45, 2.75) is 13.3 Å². The number of aliphatic hydroxyl groups is 1. The van der Waals surface area contributed by atoms with Crippen LogP contribution in [0.2, 0.25) is 0 Å². The number of benzene rings is 1. The van der Waals surface area contributed by atoms with Crippen LogP contribution in [0.15, 0.2) is 18.2 Å². The molecule has 0 heterocycles. The maximum atomic E-state index is 11.7. The first-order chi connectivity index (χ1) is 7.74. The highest BCUT2D eigenvalue weighted by molar-refractivity contribution is 5.94. The standard InChI is InChI=1S/C12H16O4/c1-3-16-12(14)11-9(7-8-13)5-4-6-10(11)15-2/h4-6,13H,3,7-8H2,1-2H3. The third kappa shape index (κ3) is 2.73. The molecule has 0 saturated carbocycles. The Hall–Kier alpha value is -1.55. The van der Waals surface area contributed by atoms with E-state index in [0.717, 1.165) is 5.56 Å². The molecule has 0 aliphatic heterocycles. The summed E-state index contributed by atoms with van der Waals surface area (Å²) in [7, 11) is 1.50. The summed E-state index contributed by atoms with van der Waals surface area (Å²) in [5, 5.41) is 8.93. The van der Waals surface area contributed by atoms with Gasteiger partial charge in [0.25, 0.3) is 0 Å². The van der Waals surface area contributed by atoms with Crippen LogP contribution in [-0.4, -0.2) is 31.4 Å². The second-order valence-corrected chi connectivity index (χ2v) is 3.19. The Morgan fingerprint density at radius 2 is 2.19 bits per heavy atom. The molecule has 88 valence electrons. The Bertz CT molecular complexity index is 360. The smallest absolute Gasteiger partial charge is 0.342 e. The maximum absolute atomic E-state index is 11.7. The van der Waals surface area contributed by atoms with Crippen LogP contribution in [0.1, 0.15) is 22.8 Å². The van der Waals surface area contributed by atoms with Crippen molar-refractivity contribution in [2.75, 3.05) is 20.3 Å². The van der Waals surface area contributed by atoms with E-state index in [4.69, 9.17) is 14.6 Å². The molecular formula is C12H16O4. The molecule has 4 nitrogen and oxygen atoms in total. The molecule has 1 rings (SSSR count). The van der Waals surface area contributed by atoms with E-state index in [0.29, 0.717) is 24.3 Å². The van der Waals surface area contributed by atoms with Crippen molar-refractivity contribution in [3.05, 3.63) is 29.3 Å². The summed E-state index contributed by atoms with van der Waals surface area (Å²) in [6, 6.07) is 5.27. The summed E-state index contributed by atoms with van der Waals surface area (Å²) in [6.07, 6.45) is 0.408. The number of aliphatic hydroxyl groups excluding tert-OH is 1. The number of rotatable bonds is 5. The fraction of sp³-hybridized carbons (Fsp3) is 0.417. The van der Waals surface area contributed by atoms with Crippen molar-refractivity contribution in [3.63, 3.8) is 0 Å². The van der Waals surface area contributed by atoms with Gasteiger partial charge in [0.1, 0.15) is 11.3 Å². The van der Waals surface area contributed by atoms with Crippen molar-refractivity contribution in [3.8, 4) is 5.75 Å². The van der Waals surface area contributed by atoms with E-state index in [1.54, 1.807) is 25.1 Å². The van der Waals surface area contributed by atoms with E-state index < -0.39 is 5.97 Å². The van der Waals surface area contributed by atoms with E-state index in [1.165, 1.54) is 7.11 Å². The third-order valence-electron chi connectivity index (χ3n) is 2.19. The molecule has 0 amide bonds. The fourth-order valence-corrected chi connectivity index (χ4v) is 1.51. The van der Waals surface area contributed by atoms with Gasteiger partial charge in [0.05, 0.1) is 13.7 Å². The lowest BCUT2D eigenvalue weighted by molar-refractivity contribution is 0.0521. The number of hydrogen-bond acceptors (Lipinski definition) is 4. The molecule has 1 aromatic carbocycles. The average molecular weight is 224 g/mol. The number of carbonyl (C=O) groups excluding carboxylic acids is 1. The Labute approximate surface area is 94.8 Å². The molecule has 0 bridgehead atoms. The SMILES string of the molecule is CCOC(=O)c1c(CCO)cccc1OC. The average Bonchev–Trinajstić information content (AvgIpc) is 2.29. The molecule has 0 aliphatic rings. The predicted molar refractivity (Wildman–Crippen MR) is 59.7 cm³/mol. The number of carbonyl (C=O) groups is 1. The minimum absolute atomic E-state index is 0.0143. The molecule has 0 radical (unpaired) electrons. The van der Waals surface area contributed by atoms with Gasteiger partial charge in [-0.05, 0) is 25.0 Å². The van der Waals surface area contributed by atoms with Crippen LogP contribution < -0.4 is 4.74 Å². The molecule has 0 spiro atoms. The van der Waals surface area contributed by atoms with Crippen molar-refractivity contribution in [2.24, 2.45) is 0 Å². The zero-order valence-corrected chi connectivity index (χ0v) is 9.53. The molecule has 4 heteroatoms. The van der Waals surface area contributed by atoms with Crippen LogP contribution in [0.4, 0.5) is 0 Å².